The van der Waals surface area contributed by atoms with Crippen molar-refractivity contribution < 1.29 is 19.1 Å². The SMILES string of the molecule is COCCC(C1CC1C(=O)NC1CC(C)(C)Oc2cc(C)ccc21)N1C(=O)CC(C)(C)N=C1N. The van der Waals surface area contributed by atoms with Crippen LogP contribution in [-0.2, 0) is 14.3 Å². The molecule has 2 aliphatic heterocycles. The molecule has 8 nitrogen and oxygen atoms in total. The van der Waals surface area contributed by atoms with E-state index in [4.69, 9.17) is 15.2 Å². The number of aryl methyl sites for hydroxylation is 1. The lowest BCUT2D eigenvalue weighted by molar-refractivity contribution is -0.132. The van der Waals surface area contributed by atoms with Crippen LogP contribution in [0.4, 0.5) is 0 Å². The Morgan fingerprint density at radius 3 is 2.76 bits per heavy atom. The maximum atomic E-state index is 13.4. The highest BCUT2D eigenvalue weighted by Crippen LogP contribution is 2.47. The van der Waals surface area contributed by atoms with Gasteiger partial charge in [-0.3, -0.25) is 14.5 Å². The predicted octanol–water partition coefficient (Wildman–Crippen LogP) is 3.08. The number of nitrogens with zero attached hydrogens (tertiary/aromatic N) is 2. The van der Waals surface area contributed by atoms with Crippen molar-refractivity contribution in [1.29, 1.82) is 0 Å². The van der Waals surface area contributed by atoms with Gasteiger partial charge in [0.15, 0.2) is 5.96 Å². The van der Waals surface area contributed by atoms with Crippen molar-refractivity contribution in [2.45, 2.75) is 83.5 Å². The minimum atomic E-state index is -0.509. The van der Waals surface area contributed by atoms with Crippen LogP contribution in [0.25, 0.3) is 0 Å². The summed E-state index contributed by atoms with van der Waals surface area (Å²) >= 11 is 0. The predicted molar refractivity (Wildman–Crippen MR) is 130 cm³/mol. The molecule has 2 heterocycles. The number of hydrogen-bond acceptors (Lipinski definition) is 6. The van der Waals surface area contributed by atoms with E-state index < -0.39 is 5.54 Å². The minimum Gasteiger partial charge on any atom is -0.487 e. The van der Waals surface area contributed by atoms with Crippen LogP contribution in [0.3, 0.4) is 0 Å². The molecular weight excluding hydrogens is 432 g/mol. The lowest BCUT2D eigenvalue weighted by Crippen LogP contribution is -2.55. The summed E-state index contributed by atoms with van der Waals surface area (Å²) in [4.78, 5) is 32.5. The van der Waals surface area contributed by atoms with Crippen LogP contribution in [0.15, 0.2) is 23.2 Å². The molecule has 1 saturated carbocycles. The van der Waals surface area contributed by atoms with E-state index in [9.17, 15) is 9.59 Å². The first-order valence-corrected chi connectivity index (χ1v) is 12.2. The maximum Gasteiger partial charge on any atom is 0.231 e. The van der Waals surface area contributed by atoms with Crippen molar-refractivity contribution in [1.82, 2.24) is 10.2 Å². The van der Waals surface area contributed by atoms with Crippen molar-refractivity contribution in [3.05, 3.63) is 29.3 Å². The van der Waals surface area contributed by atoms with Crippen molar-refractivity contribution in [3.63, 3.8) is 0 Å². The number of amides is 2. The molecule has 4 rings (SSSR count). The summed E-state index contributed by atoms with van der Waals surface area (Å²) in [7, 11) is 1.64. The number of hydrogen-bond donors (Lipinski definition) is 2. The van der Waals surface area contributed by atoms with E-state index in [0.29, 0.717) is 32.3 Å². The van der Waals surface area contributed by atoms with Gasteiger partial charge in [0.2, 0.25) is 11.8 Å². The molecule has 4 unspecified atom stereocenters. The smallest absolute Gasteiger partial charge is 0.231 e. The van der Waals surface area contributed by atoms with Gasteiger partial charge >= 0.3 is 0 Å². The molecule has 2 amide bonds. The zero-order valence-electron chi connectivity index (χ0n) is 21.2. The van der Waals surface area contributed by atoms with E-state index in [1.807, 2.05) is 52.8 Å². The number of carbonyl (C=O) groups is 2. The third-order valence-corrected chi connectivity index (χ3v) is 7.08. The van der Waals surface area contributed by atoms with E-state index in [1.165, 1.54) is 0 Å². The Bertz CT molecular complexity index is 1000. The molecular formula is C26H38N4O4. The molecule has 1 fully saturated rings. The van der Waals surface area contributed by atoms with Crippen LogP contribution in [0.2, 0.25) is 0 Å². The Hall–Kier alpha value is -2.61. The lowest BCUT2D eigenvalue weighted by Gasteiger charge is -2.39. The van der Waals surface area contributed by atoms with E-state index in [-0.39, 0.29) is 47.3 Å². The quantitative estimate of drug-likeness (QED) is 0.637. The summed E-state index contributed by atoms with van der Waals surface area (Å²) in [6.45, 7) is 10.4. The highest BCUT2D eigenvalue weighted by Gasteiger charge is 2.52. The first kappa shape index (κ1) is 24.5. The van der Waals surface area contributed by atoms with Crippen molar-refractivity contribution in [2.24, 2.45) is 22.6 Å². The fraction of sp³-hybridized carbons (Fsp3) is 0.654. The highest BCUT2D eigenvalue weighted by atomic mass is 16.5. The van der Waals surface area contributed by atoms with E-state index in [0.717, 1.165) is 16.9 Å². The van der Waals surface area contributed by atoms with E-state index >= 15 is 0 Å². The molecule has 0 aromatic heterocycles. The summed E-state index contributed by atoms with van der Waals surface area (Å²) in [6, 6.07) is 5.80. The number of methoxy groups -OCH3 is 1. The molecule has 186 valence electrons. The number of fused-ring (bicyclic) bond motifs is 1. The van der Waals surface area contributed by atoms with Crippen LogP contribution in [0.5, 0.6) is 5.75 Å². The molecule has 0 bridgehead atoms. The van der Waals surface area contributed by atoms with Gasteiger partial charge in [-0.1, -0.05) is 12.1 Å². The van der Waals surface area contributed by atoms with Gasteiger partial charge in [-0.15, -0.1) is 0 Å². The normalized spacial score (nSPS) is 27.8. The third kappa shape index (κ3) is 5.06. The zero-order valence-corrected chi connectivity index (χ0v) is 21.2. The number of guanidine groups is 1. The molecule has 0 radical (unpaired) electrons. The van der Waals surface area contributed by atoms with Crippen LogP contribution in [-0.4, -0.2) is 53.6 Å². The average Bonchev–Trinajstić information content (AvgIpc) is 3.48. The first-order chi connectivity index (χ1) is 15.9. The summed E-state index contributed by atoms with van der Waals surface area (Å²) in [5.74, 6) is 0.903. The van der Waals surface area contributed by atoms with E-state index in [1.54, 1.807) is 12.0 Å². The zero-order chi connectivity index (χ0) is 24.8. The first-order valence-electron chi connectivity index (χ1n) is 12.2. The number of benzene rings is 1. The number of rotatable bonds is 7. The summed E-state index contributed by atoms with van der Waals surface area (Å²) in [5.41, 5.74) is 7.50. The number of nitrogens with one attached hydrogen (secondary N) is 1. The highest BCUT2D eigenvalue weighted by molar-refractivity contribution is 5.99. The Labute approximate surface area is 202 Å². The number of aliphatic imine (C=N–C) groups is 1. The van der Waals surface area contributed by atoms with Gasteiger partial charge in [0.25, 0.3) is 0 Å². The van der Waals surface area contributed by atoms with Crippen LogP contribution in [0.1, 0.15) is 70.5 Å². The number of ether oxygens (including phenoxy) is 2. The van der Waals surface area contributed by atoms with Crippen molar-refractivity contribution in [2.75, 3.05) is 13.7 Å². The van der Waals surface area contributed by atoms with Crippen LogP contribution < -0.4 is 15.8 Å². The molecule has 34 heavy (non-hydrogen) atoms. The van der Waals surface area contributed by atoms with Gasteiger partial charge in [-0.2, -0.15) is 0 Å². The van der Waals surface area contributed by atoms with Gasteiger partial charge < -0.3 is 20.5 Å². The second-order valence-electron chi connectivity index (χ2n) is 11.2. The Morgan fingerprint density at radius 1 is 1.35 bits per heavy atom. The monoisotopic (exact) mass is 470 g/mol. The Kier molecular flexibility index (Phi) is 6.40. The summed E-state index contributed by atoms with van der Waals surface area (Å²) < 4.78 is 11.5. The largest absolute Gasteiger partial charge is 0.487 e. The molecule has 1 aromatic carbocycles. The second kappa shape index (κ2) is 8.87. The molecule has 3 N–H and O–H groups in total. The molecule has 4 atom stereocenters. The summed E-state index contributed by atoms with van der Waals surface area (Å²) in [6.07, 6.45) is 2.32. The molecule has 0 spiro atoms. The molecule has 3 aliphatic rings. The fourth-order valence-electron chi connectivity index (χ4n) is 5.42. The van der Waals surface area contributed by atoms with Gasteiger partial charge in [0, 0.05) is 37.7 Å². The maximum absolute atomic E-state index is 13.4. The number of carbonyl (C=O) groups excluding carboxylic acids is 2. The van der Waals surface area contributed by atoms with Gasteiger partial charge in [0.05, 0.1) is 18.0 Å². The van der Waals surface area contributed by atoms with Crippen LogP contribution >= 0.6 is 0 Å². The van der Waals surface area contributed by atoms with Crippen LogP contribution in [0, 0.1) is 18.8 Å². The second-order valence-corrected chi connectivity index (χ2v) is 11.2. The van der Waals surface area contributed by atoms with Gasteiger partial charge in [0.1, 0.15) is 11.4 Å². The Balaban J connectivity index is 1.50. The average molecular weight is 471 g/mol. The summed E-state index contributed by atoms with van der Waals surface area (Å²) in [5, 5.41) is 3.28. The van der Waals surface area contributed by atoms with Gasteiger partial charge in [-0.05, 0) is 65.0 Å². The minimum absolute atomic E-state index is 0.0157. The van der Waals surface area contributed by atoms with Crippen molar-refractivity contribution >= 4 is 17.8 Å². The standard InChI is InChI=1S/C26H38N4O4/c1-15-7-8-16-19(13-26(4,5)34-21(16)11-15)28-23(32)18-12-17(18)20(9-10-33-6)30-22(31)14-25(2,3)29-24(30)27/h7-8,11,17-20H,9-10,12-14H2,1-6H3,(H2,27,29)(H,28,32). The Morgan fingerprint density at radius 2 is 2.09 bits per heavy atom. The third-order valence-electron chi connectivity index (χ3n) is 7.08. The molecule has 8 heteroatoms. The molecule has 0 saturated heterocycles. The fourth-order valence-corrected chi connectivity index (χ4v) is 5.42. The van der Waals surface area contributed by atoms with Crippen molar-refractivity contribution in [3.8, 4) is 5.75 Å². The molecule has 1 aliphatic carbocycles. The van der Waals surface area contributed by atoms with E-state index in [2.05, 4.69) is 10.3 Å². The molecule has 1 aromatic rings. The lowest BCUT2D eigenvalue weighted by atomic mass is 9.89. The topological polar surface area (TPSA) is 106 Å². The van der Waals surface area contributed by atoms with Gasteiger partial charge in [-0.25, -0.2) is 4.99 Å². The number of nitrogens with two attached hydrogens (primary N) is 1.